The summed E-state index contributed by atoms with van der Waals surface area (Å²) in [5, 5.41) is 0. The zero-order valence-corrected chi connectivity index (χ0v) is 10.5. The van der Waals surface area contributed by atoms with Gasteiger partial charge in [0.05, 0.1) is 12.1 Å². The van der Waals surface area contributed by atoms with Crippen LogP contribution in [0.5, 0.6) is 0 Å². The Balaban J connectivity index is 2.03. The van der Waals surface area contributed by atoms with Crippen LogP contribution in [-0.2, 0) is 0 Å². The molecule has 1 unspecified atom stereocenters. The summed E-state index contributed by atoms with van der Waals surface area (Å²) in [6.45, 7) is 4.11. The molecular formula is C14H17F2NO. The largest absolute Gasteiger partial charge is 0.296 e. The molecule has 4 heteroatoms. The number of carbonyl (C=O) groups excluding carboxylic acids is 1. The summed E-state index contributed by atoms with van der Waals surface area (Å²) in [6, 6.07) is 3.10. The third kappa shape index (κ3) is 3.13. The number of rotatable bonds is 3. The maximum Gasteiger partial charge on any atom is 0.179 e. The first-order valence-electron chi connectivity index (χ1n) is 6.27. The summed E-state index contributed by atoms with van der Waals surface area (Å²) in [7, 11) is 0. The van der Waals surface area contributed by atoms with Crippen molar-refractivity contribution in [3.8, 4) is 0 Å². The third-order valence-electron chi connectivity index (χ3n) is 3.34. The van der Waals surface area contributed by atoms with Crippen molar-refractivity contribution in [2.75, 3.05) is 19.6 Å². The number of ketones is 1. The molecule has 0 radical (unpaired) electrons. The van der Waals surface area contributed by atoms with Crippen molar-refractivity contribution in [3.63, 3.8) is 0 Å². The van der Waals surface area contributed by atoms with Gasteiger partial charge >= 0.3 is 0 Å². The summed E-state index contributed by atoms with van der Waals surface area (Å²) < 4.78 is 26.2. The van der Waals surface area contributed by atoms with Crippen molar-refractivity contribution in [1.29, 1.82) is 0 Å². The smallest absolute Gasteiger partial charge is 0.179 e. The first kappa shape index (κ1) is 13.1. The van der Waals surface area contributed by atoms with E-state index in [1.165, 1.54) is 12.5 Å². The molecule has 0 amide bonds. The van der Waals surface area contributed by atoms with Gasteiger partial charge in [-0.3, -0.25) is 9.69 Å². The van der Waals surface area contributed by atoms with E-state index in [1.807, 2.05) is 4.90 Å². The van der Waals surface area contributed by atoms with E-state index in [1.54, 1.807) is 0 Å². The Morgan fingerprint density at radius 1 is 1.44 bits per heavy atom. The fraction of sp³-hybridized carbons (Fsp3) is 0.500. The average molecular weight is 253 g/mol. The molecule has 0 N–H and O–H groups in total. The van der Waals surface area contributed by atoms with Crippen LogP contribution >= 0.6 is 0 Å². The molecule has 1 aliphatic heterocycles. The zero-order valence-electron chi connectivity index (χ0n) is 10.5. The van der Waals surface area contributed by atoms with Crippen LogP contribution in [-0.4, -0.2) is 30.3 Å². The minimum Gasteiger partial charge on any atom is -0.296 e. The van der Waals surface area contributed by atoms with Crippen LogP contribution in [0, 0.1) is 17.6 Å². The van der Waals surface area contributed by atoms with E-state index < -0.39 is 11.6 Å². The van der Waals surface area contributed by atoms with E-state index >= 15 is 0 Å². The molecule has 2 nitrogen and oxygen atoms in total. The highest BCUT2D eigenvalue weighted by Gasteiger charge is 2.20. The molecule has 0 bridgehead atoms. The molecule has 1 heterocycles. The van der Waals surface area contributed by atoms with E-state index in [0.717, 1.165) is 31.6 Å². The number of benzene rings is 1. The summed E-state index contributed by atoms with van der Waals surface area (Å²) in [5.41, 5.74) is -0.0189. The quantitative estimate of drug-likeness (QED) is 0.772. The maximum atomic E-state index is 13.5. The van der Waals surface area contributed by atoms with Crippen LogP contribution in [0.4, 0.5) is 8.78 Å². The minimum absolute atomic E-state index is 0.0189. The van der Waals surface area contributed by atoms with Gasteiger partial charge in [-0.15, -0.1) is 0 Å². The topological polar surface area (TPSA) is 20.3 Å². The van der Waals surface area contributed by atoms with Crippen molar-refractivity contribution < 1.29 is 13.6 Å². The third-order valence-corrected chi connectivity index (χ3v) is 3.34. The fourth-order valence-corrected chi connectivity index (χ4v) is 2.43. The van der Waals surface area contributed by atoms with Crippen LogP contribution in [0.2, 0.25) is 0 Å². The molecule has 1 aromatic carbocycles. The Morgan fingerprint density at radius 3 is 2.89 bits per heavy atom. The lowest BCUT2D eigenvalue weighted by Crippen LogP contribution is -2.38. The maximum absolute atomic E-state index is 13.5. The normalized spacial score (nSPS) is 20.9. The van der Waals surface area contributed by atoms with E-state index in [4.69, 9.17) is 0 Å². The summed E-state index contributed by atoms with van der Waals surface area (Å²) >= 11 is 0. The standard InChI is InChI=1S/C14H17F2NO/c1-10-3-2-6-17(8-10)9-14(18)12-5-4-11(15)7-13(12)16/h4-5,7,10H,2-3,6,8-9H2,1H3. The van der Waals surface area contributed by atoms with E-state index in [0.29, 0.717) is 5.92 Å². The van der Waals surface area contributed by atoms with Gasteiger partial charge in [0.1, 0.15) is 11.6 Å². The van der Waals surface area contributed by atoms with Crippen molar-refractivity contribution in [2.24, 2.45) is 5.92 Å². The second-order valence-corrected chi connectivity index (χ2v) is 5.03. The predicted octanol–water partition coefficient (Wildman–Crippen LogP) is 2.88. The summed E-state index contributed by atoms with van der Waals surface area (Å²) in [4.78, 5) is 14.0. The lowest BCUT2D eigenvalue weighted by molar-refractivity contribution is 0.0889. The van der Waals surface area contributed by atoms with Gasteiger partial charge in [0.2, 0.25) is 0 Å². The number of Topliss-reactive ketones (excluding diaryl/α,β-unsaturated/α-hetero) is 1. The molecule has 1 saturated heterocycles. The minimum atomic E-state index is -0.773. The molecule has 1 fully saturated rings. The van der Waals surface area contributed by atoms with Gasteiger partial charge in [-0.2, -0.15) is 0 Å². The molecule has 0 saturated carbocycles. The first-order valence-corrected chi connectivity index (χ1v) is 6.27. The number of hydrogen-bond donors (Lipinski definition) is 0. The molecule has 2 rings (SSSR count). The number of carbonyl (C=O) groups is 1. The molecule has 1 atom stereocenters. The Bertz CT molecular complexity index is 447. The molecule has 1 aromatic rings. The second-order valence-electron chi connectivity index (χ2n) is 5.03. The lowest BCUT2D eigenvalue weighted by atomic mass is 9.99. The number of nitrogens with zero attached hydrogens (tertiary/aromatic N) is 1. The average Bonchev–Trinajstić information content (AvgIpc) is 2.28. The van der Waals surface area contributed by atoms with Crippen molar-refractivity contribution in [3.05, 3.63) is 35.4 Å². The van der Waals surface area contributed by atoms with Gasteiger partial charge in [-0.1, -0.05) is 6.92 Å². The molecule has 0 aromatic heterocycles. The molecule has 18 heavy (non-hydrogen) atoms. The Kier molecular flexibility index (Phi) is 4.07. The van der Waals surface area contributed by atoms with Crippen molar-refractivity contribution >= 4 is 5.78 Å². The fourth-order valence-electron chi connectivity index (χ4n) is 2.43. The van der Waals surface area contributed by atoms with E-state index in [-0.39, 0.29) is 17.9 Å². The number of halogens is 2. The number of piperidine rings is 1. The molecular weight excluding hydrogens is 236 g/mol. The lowest BCUT2D eigenvalue weighted by Gasteiger charge is -2.30. The van der Waals surface area contributed by atoms with Crippen molar-refractivity contribution in [1.82, 2.24) is 4.90 Å². The van der Waals surface area contributed by atoms with Gasteiger partial charge in [0, 0.05) is 12.6 Å². The Hall–Kier alpha value is -1.29. The second kappa shape index (κ2) is 5.57. The molecule has 98 valence electrons. The highest BCUT2D eigenvalue weighted by atomic mass is 19.1. The van der Waals surface area contributed by atoms with Gasteiger partial charge in [-0.25, -0.2) is 8.78 Å². The zero-order chi connectivity index (χ0) is 13.1. The van der Waals surface area contributed by atoms with Crippen LogP contribution < -0.4 is 0 Å². The summed E-state index contributed by atoms with van der Waals surface area (Å²) in [5.74, 6) is -1.13. The number of likely N-dealkylation sites (tertiary alicyclic amines) is 1. The van der Waals surface area contributed by atoms with Crippen LogP contribution in [0.25, 0.3) is 0 Å². The van der Waals surface area contributed by atoms with Gasteiger partial charge in [0.15, 0.2) is 5.78 Å². The monoisotopic (exact) mass is 253 g/mol. The first-order chi connectivity index (χ1) is 8.56. The van der Waals surface area contributed by atoms with E-state index in [2.05, 4.69) is 6.92 Å². The van der Waals surface area contributed by atoms with Crippen molar-refractivity contribution in [2.45, 2.75) is 19.8 Å². The molecule has 0 spiro atoms. The number of hydrogen-bond acceptors (Lipinski definition) is 2. The van der Waals surface area contributed by atoms with Gasteiger partial charge in [-0.05, 0) is 37.4 Å². The predicted molar refractivity (Wildman–Crippen MR) is 65.5 cm³/mol. The molecule has 0 aliphatic carbocycles. The van der Waals surface area contributed by atoms with Crippen LogP contribution in [0.3, 0.4) is 0 Å². The highest BCUT2D eigenvalue weighted by molar-refractivity contribution is 5.97. The van der Waals surface area contributed by atoms with Crippen LogP contribution in [0.15, 0.2) is 18.2 Å². The highest BCUT2D eigenvalue weighted by Crippen LogP contribution is 2.17. The Labute approximate surface area is 106 Å². The summed E-state index contributed by atoms with van der Waals surface area (Å²) in [6.07, 6.45) is 2.25. The molecule has 1 aliphatic rings. The Morgan fingerprint density at radius 2 is 2.22 bits per heavy atom. The van der Waals surface area contributed by atoms with Gasteiger partial charge < -0.3 is 0 Å². The van der Waals surface area contributed by atoms with E-state index in [9.17, 15) is 13.6 Å². The van der Waals surface area contributed by atoms with Crippen LogP contribution in [0.1, 0.15) is 30.1 Å². The van der Waals surface area contributed by atoms with Gasteiger partial charge in [0.25, 0.3) is 0 Å². The SMILES string of the molecule is CC1CCCN(CC(=O)c2ccc(F)cc2F)C1.